The summed E-state index contributed by atoms with van der Waals surface area (Å²) in [6, 6.07) is 1.53. The average molecular weight is 339 g/mol. The molecule has 0 saturated heterocycles. The Morgan fingerprint density at radius 1 is 1.32 bits per heavy atom. The molecule has 0 radical (unpaired) electrons. The molecule has 0 unspecified atom stereocenters. The standard InChI is InChI=1S/C16H17N7O2/c1-8-10(6-9-2-3-9)14(25-22-8)13-11(7-19-15(18)21-13)23-5-4-12(17)20-16(23)24/h4-5,7,9H,2-3,6H2,1H3,(H2,17,20,24)(H2,18,19,21). The third-order valence-electron chi connectivity index (χ3n) is 4.26. The van der Waals surface area contributed by atoms with E-state index >= 15 is 0 Å². The second-order valence-electron chi connectivity index (χ2n) is 6.19. The van der Waals surface area contributed by atoms with Gasteiger partial charge in [0.05, 0.1) is 17.6 Å². The number of rotatable bonds is 4. The Morgan fingerprint density at radius 3 is 2.84 bits per heavy atom. The van der Waals surface area contributed by atoms with Crippen LogP contribution in [0, 0.1) is 12.8 Å². The van der Waals surface area contributed by atoms with E-state index in [9.17, 15) is 4.79 Å². The van der Waals surface area contributed by atoms with Gasteiger partial charge in [-0.05, 0) is 38.2 Å². The molecule has 0 bridgehead atoms. The monoisotopic (exact) mass is 339 g/mol. The van der Waals surface area contributed by atoms with Crippen molar-refractivity contribution >= 4 is 11.8 Å². The summed E-state index contributed by atoms with van der Waals surface area (Å²) in [5, 5.41) is 4.08. The quantitative estimate of drug-likeness (QED) is 0.720. The highest BCUT2D eigenvalue weighted by Crippen LogP contribution is 2.37. The lowest BCUT2D eigenvalue weighted by molar-refractivity contribution is 0.425. The van der Waals surface area contributed by atoms with Crippen LogP contribution in [0.3, 0.4) is 0 Å². The van der Waals surface area contributed by atoms with Crippen molar-refractivity contribution in [2.75, 3.05) is 11.5 Å². The van der Waals surface area contributed by atoms with Gasteiger partial charge in [0.1, 0.15) is 11.5 Å². The van der Waals surface area contributed by atoms with Crippen LogP contribution in [0.5, 0.6) is 0 Å². The van der Waals surface area contributed by atoms with Crippen LogP contribution in [0.1, 0.15) is 24.1 Å². The second-order valence-corrected chi connectivity index (χ2v) is 6.19. The van der Waals surface area contributed by atoms with Crippen molar-refractivity contribution in [3.8, 4) is 17.1 Å². The maximum absolute atomic E-state index is 12.2. The van der Waals surface area contributed by atoms with Gasteiger partial charge in [-0.15, -0.1) is 0 Å². The van der Waals surface area contributed by atoms with Gasteiger partial charge in [0, 0.05) is 11.8 Å². The van der Waals surface area contributed by atoms with Crippen molar-refractivity contribution in [2.24, 2.45) is 5.92 Å². The van der Waals surface area contributed by atoms with Gasteiger partial charge in [0.25, 0.3) is 0 Å². The van der Waals surface area contributed by atoms with Crippen LogP contribution >= 0.6 is 0 Å². The first kappa shape index (κ1) is 15.3. The average Bonchev–Trinajstić information content (AvgIpc) is 3.32. The van der Waals surface area contributed by atoms with Gasteiger partial charge < -0.3 is 16.0 Å². The Hall–Kier alpha value is -3.23. The minimum Gasteiger partial charge on any atom is -0.383 e. The van der Waals surface area contributed by atoms with E-state index in [0.29, 0.717) is 23.1 Å². The van der Waals surface area contributed by atoms with Crippen molar-refractivity contribution in [1.29, 1.82) is 0 Å². The summed E-state index contributed by atoms with van der Waals surface area (Å²) in [7, 11) is 0. The number of hydrogen-bond donors (Lipinski definition) is 2. The summed E-state index contributed by atoms with van der Waals surface area (Å²) < 4.78 is 6.84. The van der Waals surface area contributed by atoms with Crippen molar-refractivity contribution in [1.82, 2.24) is 24.7 Å². The van der Waals surface area contributed by atoms with Crippen molar-refractivity contribution < 1.29 is 4.52 Å². The number of nitrogens with two attached hydrogens (primary N) is 2. The minimum atomic E-state index is -0.533. The number of aromatic nitrogens is 5. The van der Waals surface area contributed by atoms with Gasteiger partial charge >= 0.3 is 5.69 Å². The van der Waals surface area contributed by atoms with E-state index in [2.05, 4.69) is 20.1 Å². The fourth-order valence-corrected chi connectivity index (χ4v) is 2.76. The normalized spacial score (nSPS) is 14.0. The first-order valence-corrected chi connectivity index (χ1v) is 7.96. The van der Waals surface area contributed by atoms with E-state index in [0.717, 1.165) is 17.7 Å². The molecule has 1 aliphatic rings. The molecular weight excluding hydrogens is 322 g/mol. The molecule has 1 aliphatic carbocycles. The van der Waals surface area contributed by atoms with Crippen molar-refractivity contribution in [3.05, 3.63) is 40.2 Å². The molecule has 3 aromatic heterocycles. The van der Waals surface area contributed by atoms with Crippen LogP contribution < -0.4 is 17.2 Å². The van der Waals surface area contributed by atoms with Gasteiger partial charge in [-0.3, -0.25) is 4.57 Å². The third-order valence-corrected chi connectivity index (χ3v) is 4.26. The Labute approximate surface area is 142 Å². The Balaban J connectivity index is 1.90. The number of aryl methyl sites for hydroxylation is 1. The zero-order chi connectivity index (χ0) is 17.6. The highest BCUT2D eigenvalue weighted by Gasteiger charge is 2.28. The van der Waals surface area contributed by atoms with Gasteiger partial charge in [0.2, 0.25) is 5.95 Å². The summed E-state index contributed by atoms with van der Waals surface area (Å²) in [4.78, 5) is 24.3. The first-order valence-electron chi connectivity index (χ1n) is 7.96. The number of anilines is 2. The lowest BCUT2D eigenvalue weighted by Crippen LogP contribution is -2.22. The molecule has 0 atom stereocenters. The van der Waals surface area contributed by atoms with Crippen LogP contribution in [-0.2, 0) is 6.42 Å². The van der Waals surface area contributed by atoms with Crippen LogP contribution in [0.25, 0.3) is 17.1 Å². The van der Waals surface area contributed by atoms with Crippen LogP contribution in [0.15, 0.2) is 27.8 Å². The van der Waals surface area contributed by atoms with Gasteiger partial charge in [-0.1, -0.05) is 5.16 Å². The van der Waals surface area contributed by atoms with Crippen molar-refractivity contribution in [2.45, 2.75) is 26.2 Å². The molecule has 25 heavy (non-hydrogen) atoms. The van der Waals surface area contributed by atoms with E-state index in [-0.39, 0.29) is 11.8 Å². The fourth-order valence-electron chi connectivity index (χ4n) is 2.76. The first-order chi connectivity index (χ1) is 12.0. The highest BCUT2D eigenvalue weighted by atomic mass is 16.5. The maximum atomic E-state index is 12.2. The fraction of sp³-hybridized carbons (Fsp3) is 0.312. The van der Waals surface area contributed by atoms with E-state index in [1.807, 2.05) is 6.92 Å². The Morgan fingerprint density at radius 2 is 2.12 bits per heavy atom. The van der Waals surface area contributed by atoms with Crippen molar-refractivity contribution in [3.63, 3.8) is 0 Å². The summed E-state index contributed by atoms with van der Waals surface area (Å²) in [5.41, 5.74) is 13.4. The predicted molar refractivity (Wildman–Crippen MR) is 90.9 cm³/mol. The van der Waals surface area contributed by atoms with Gasteiger partial charge in [-0.2, -0.15) is 4.98 Å². The molecule has 0 spiro atoms. The summed E-state index contributed by atoms with van der Waals surface area (Å²) >= 11 is 0. The lowest BCUT2D eigenvalue weighted by Gasteiger charge is -2.10. The topological polar surface area (TPSA) is 139 Å². The lowest BCUT2D eigenvalue weighted by atomic mass is 10.0. The Kier molecular flexibility index (Phi) is 3.48. The number of nitrogens with zero attached hydrogens (tertiary/aromatic N) is 5. The molecule has 3 aromatic rings. The molecule has 0 aliphatic heterocycles. The molecule has 1 saturated carbocycles. The highest BCUT2D eigenvalue weighted by molar-refractivity contribution is 5.68. The molecule has 9 nitrogen and oxygen atoms in total. The Bertz CT molecular complexity index is 1000. The van der Waals surface area contributed by atoms with E-state index < -0.39 is 5.69 Å². The maximum Gasteiger partial charge on any atom is 0.354 e. The smallest absolute Gasteiger partial charge is 0.354 e. The zero-order valence-electron chi connectivity index (χ0n) is 13.6. The van der Waals surface area contributed by atoms with E-state index in [1.54, 1.807) is 0 Å². The minimum absolute atomic E-state index is 0.0848. The molecule has 4 N–H and O–H groups in total. The zero-order valence-corrected chi connectivity index (χ0v) is 13.6. The van der Waals surface area contributed by atoms with Gasteiger partial charge in [-0.25, -0.2) is 14.8 Å². The van der Waals surface area contributed by atoms with Crippen LogP contribution in [0.4, 0.5) is 11.8 Å². The summed E-state index contributed by atoms with van der Waals surface area (Å²) in [6.07, 6.45) is 6.25. The van der Waals surface area contributed by atoms with Crippen LogP contribution in [0.2, 0.25) is 0 Å². The van der Waals surface area contributed by atoms with Crippen LogP contribution in [-0.4, -0.2) is 24.7 Å². The van der Waals surface area contributed by atoms with E-state index in [1.165, 1.54) is 35.9 Å². The number of nitrogen functional groups attached to an aromatic ring is 2. The predicted octanol–water partition coefficient (Wildman–Crippen LogP) is 1.10. The molecule has 3 heterocycles. The van der Waals surface area contributed by atoms with E-state index in [4.69, 9.17) is 16.0 Å². The summed E-state index contributed by atoms with van der Waals surface area (Å²) in [6.45, 7) is 1.89. The third kappa shape index (κ3) is 2.84. The molecule has 0 amide bonds. The summed E-state index contributed by atoms with van der Waals surface area (Å²) in [5.74, 6) is 1.38. The molecule has 0 aromatic carbocycles. The molecular formula is C16H17N7O2. The second kappa shape index (κ2) is 5.69. The molecule has 9 heteroatoms. The van der Waals surface area contributed by atoms with Gasteiger partial charge in [0.15, 0.2) is 5.76 Å². The SMILES string of the molecule is Cc1noc(-c2nc(N)ncc2-n2ccc(N)nc2=O)c1CC1CC1. The molecule has 128 valence electrons. The largest absolute Gasteiger partial charge is 0.383 e. The molecule has 1 fully saturated rings. The number of hydrogen-bond acceptors (Lipinski definition) is 8. The molecule has 4 rings (SSSR count).